The third-order valence-corrected chi connectivity index (χ3v) is 1.82. The lowest BCUT2D eigenvalue weighted by Crippen LogP contribution is -2.16. The molecule has 15 heavy (non-hydrogen) atoms. The molecule has 0 radical (unpaired) electrons. The normalized spacial score (nSPS) is 7.87. The summed E-state index contributed by atoms with van der Waals surface area (Å²) in [6.07, 6.45) is 0. The Kier molecular flexibility index (Phi) is 11.8. The van der Waals surface area contributed by atoms with Crippen LogP contribution in [-0.2, 0) is 0 Å². The maximum Gasteiger partial charge on any atom is 0.0597 e. The van der Waals surface area contributed by atoms with E-state index in [1.807, 2.05) is 59.0 Å². The molecule has 0 aromatic heterocycles. The summed E-state index contributed by atoms with van der Waals surface area (Å²) in [6, 6.07) is 7.89. The molecule has 0 saturated heterocycles. The van der Waals surface area contributed by atoms with Gasteiger partial charge in [0.1, 0.15) is 0 Å². The molecule has 1 aromatic rings. The molecule has 0 fully saturated rings. The minimum Gasteiger partial charge on any atom is -0.397 e. The molecule has 0 spiro atoms. The van der Waals surface area contributed by atoms with Crippen molar-refractivity contribution in [2.24, 2.45) is 0 Å². The standard InChI is InChI=1S/C9H14N2.2C2H6/c1-3-11(2)9-7-5-4-6-8(9)10;2*1-2/h4-7H,3,10H2,1-2H3;2*1-2H3. The highest BCUT2D eigenvalue weighted by Crippen LogP contribution is 2.20. The van der Waals surface area contributed by atoms with Crippen LogP contribution in [0.2, 0.25) is 0 Å². The molecule has 1 rings (SSSR count). The van der Waals surface area contributed by atoms with Crippen LogP contribution in [0.5, 0.6) is 0 Å². The minimum atomic E-state index is 0.844. The van der Waals surface area contributed by atoms with E-state index in [9.17, 15) is 0 Å². The van der Waals surface area contributed by atoms with E-state index in [2.05, 4.69) is 11.8 Å². The van der Waals surface area contributed by atoms with Gasteiger partial charge in [-0.3, -0.25) is 0 Å². The second kappa shape index (κ2) is 10.9. The topological polar surface area (TPSA) is 29.3 Å². The zero-order valence-corrected chi connectivity index (χ0v) is 11.0. The van der Waals surface area contributed by atoms with Gasteiger partial charge in [-0.25, -0.2) is 0 Å². The number of hydrogen-bond acceptors (Lipinski definition) is 2. The van der Waals surface area contributed by atoms with E-state index in [-0.39, 0.29) is 0 Å². The fourth-order valence-electron chi connectivity index (χ4n) is 1.01. The van der Waals surface area contributed by atoms with Crippen LogP contribution in [0.15, 0.2) is 24.3 Å². The number of anilines is 2. The first-order valence-corrected chi connectivity index (χ1v) is 5.81. The van der Waals surface area contributed by atoms with Crippen molar-refractivity contribution in [1.29, 1.82) is 0 Å². The summed E-state index contributed by atoms with van der Waals surface area (Å²) in [5.41, 5.74) is 7.71. The van der Waals surface area contributed by atoms with Crippen LogP contribution in [0.3, 0.4) is 0 Å². The zero-order valence-electron chi connectivity index (χ0n) is 11.0. The van der Waals surface area contributed by atoms with Gasteiger partial charge < -0.3 is 10.6 Å². The zero-order chi connectivity index (χ0) is 12.3. The Balaban J connectivity index is 0. The third kappa shape index (κ3) is 6.00. The molecule has 0 aliphatic rings. The number of nitrogens with two attached hydrogens (primary N) is 1. The second-order valence-corrected chi connectivity index (χ2v) is 2.57. The average molecular weight is 210 g/mol. The molecule has 0 saturated carbocycles. The maximum absolute atomic E-state index is 5.76. The smallest absolute Gasteiger partial charge is 0.0597 e. The van der Waals surface area contributed by atoms with Crippen LogP contribution in [0.25, 0.3) is 0 Å². The van der Waals surface area contributed by atoms with Gasteiger partial charge in [0, 0.05) is 13.6 Å². The number of nitrogens with zero attached hydrogens (tertiary/aromatic N) is 1. The van der Waals surface area contributed by atoms with Crippen molar-refractivity contribution in [2.75, 3.05) is 24.2 Å². The Labute approximate surface area is 95.1 Å². The molecule has 88 valence electrons. The van der Waals surface area contributed by atoms with Gasteiger partial charge in [0.15, 0.2) is 0 Å². The molecule has 0 unspecified atom stereocenters. The van der Waals surface area contributed by atoms with Gasteiger partial charge in [0.2, 0.25) is 0 Å². The van der Waals surface area contributed by atoms with Crippen LogP contribution in [0.1, 0.15) is 34.6 Å². The first-order valence-electron chi connectivity index (χ1n) is 5.81. The monoisotopic (exact) mass is 210 g/mol. The van der Waals surface area contributed by atoms with Crippen LogP contribution in [0.4, 0.5) is 11.4 Å². The molecule has 1 aromatic carbocycles. The fraction of sp³-hybridized carbons (Fsp3) is 0.538. The maximum atomic E-state index is 5.76. The first-order chi connectivity index (χ1) is 7.25. The van der Waals surface area contributed by atoms with Gasteiger partial charge in [-0.15, -0.1) is 0 Å². The predicted octanol–water partition coefficient (Wildman–Crippen LogP) is 3.78. The lowest BCUT2D eigenvalue weighted by molar-refractivity contribution is 0.970. The van der Waals surface area contributed by atoms with E-state index in [1.54, 1.807) is 0 Å². The van der Waals surface area contributed by atoms with Crippen LogP contribution in [-0.4, -0.2) is 13.6 Å². The van der Waals surface area contributed by atoms with Crippen molar-refractivity contribution >= 4 is 11.4 Å². The summed E-state index contributed by atoms with van der Waals surface area (Å²) >= 11 is 0. The Bertz CT molecular complexity index is 234. The van der Waals surface area contributed by atoms with Crippen molar-refractivity contribution in [3.63, 3.8) is 0 Å². The molecule has 2 nitrogen and oxygen atoms in total. The average Bonchev–Trinajstić information content (AvgIpc) is 2.34. The molecule has 2 N–H and O–H groups in total. The highest BCUT2D eigenvalue weighted by atomic mass is 15.1. The summed E-state index contributed by atoms with van der Waals surface area (Å²) in [4.78, 5) is 2.12. The Morgan fingerprint density at radius 3 is 1.93 bits per heavy atom. The van der Waals surface area contributed by atoms with E-state index in [0.717, 1.165) is 17.9 Å². The molecule has 2 heteroatoms. The van der Waals surface area contributed by atoms with Gasteiger partial charge in [-0.2, -0.15) is 0 Å². The van der Waals surface area contributed by atoms with Crippen molar-refractivity contribution in [1.82, 2.24) is 0 Å². The van der Waals surface area contributed by atoms with E-state index in [1.165, 1.54) is 0 Å². The number of rotatable bonds is 2. The summed E-state index contributed by atoms with van der Waals surface area (Å²) in [6.45, 7) is 11.1. The summed E-state index contributed by atoms with van der Waals surface area (Å²) in [7, 11) is 2.03. The summed E-state index contributed by atoms with van der Waals surface area (Å²) < 4.78 is 0. The van der Waals surface area contributed by atoms with Gasteiger partial charge in [-0.05, 0) is 19.1 Å². The van der Waals surface area contributed by atoms with Crippen molar-refractivity contribution < 1.29 is 0 Å². The Morgan fingerprint density at radius 1 is 1.07 bits per heavy atom. The van der Waals surface area contributed by atoms with Gasteiger partial charge >= 0.3 is 0 Å². The molecular weight excluding hydrogens is 184 g/mol. The lowest BCUT2D eigenvalue weighted by atomic mass is 10.2. The Hall–Kier alpha value is -1.18. The number of hydrogen-bond donors (Lipinski definition) is 1. The van der Waals surface area contributed by atoms with Gasteiger partial charge in [0.05, 0.1) is 11.4 Å². The number of benzene rings is 1. The van der Waals surface area contributed by atoms with Crippen molar-refractivity contribution in [2.45, 2.75) is 34.6 Å². The SMILES string of the molecule is CC.CC.CCN(C)c1ccccc1N. The van der Waals surface area contributed by atoms with E-state index in [4.69, 9.17) is 5.73 Å². The van der Waals surface area contributed by atoms with Crippen molar-refractivity contribution in [3.05, 3.63) is 24.3 Å². The molecule has 0 aliphatic carbocycles. The largest absolute Gasteiger partial charge is 0.397 e. The molecular formula is C13H26N2. The highest BCUT2D eigenvalue weighted by molar-refractivity contribution is 5.66. The molecule has 0 aliphatic heterocycles. The number of para-hydroxylation sites is 2. The highest BCUT2D eigenvalue weighted by Gasteiger charge is 1.99. The first kappa shape index (κ1) is 16.3. The van der Waals surface area contributed by atoms with E-state index in [0.29, 0.717) is 0 Å². The van der Waals surface area contributed by atoms with E-state index >= 15 is 0 Å². The summed E-state index contributed by atoms with van der Waals surface area (Å²) in [5.74, 6) is 0. The van der Waals surface area contributed by atoms with E-state index < -0.39 is 0 Å². The molecule has 0 atom stereocenters. The predicted molar refractivity (Wildman–Crippen MR) is 72.5 cm³/mol. The Morgan fingerprint density at radius 2 is 1.53 bits per heavy atom. The fourth-order valence-corrected chi connectivity index (χ4v) is 1.01. The van der Waals surface area contributed by atoms with Crippen molar-refractivity contribution in [3.8, 4) is 0 Å². The third-order valence-electron chi connectivity index (χ3n) is 1.82. The van der Waals surface area contributed by atoms with Crippen LogP contribution >= 0.6 is 0 Å². The second-order valence-electron chi connectivity index (χ2n) is 2.57. The van der Waals surface area contributed by atoms with Gasteiger partial charge in [-0.1, -0.05) is 39.8 Å². The van der Waals surface area contributed by atoms with Crippen LogP contribution in [0, 0.1) is 0 Å². The van der Waals surface area contributed by atoms with Crippen LogP contribution < -0.4 is 10.6 Å². The quantitative estimate of drug-likeness (QED) is 0.753. The van der Waals surface area contributed by atoms with Gasteiger partial charge in [0.25, 0.3) is 0 Å². The minimum absolute atomic E-state index is 0.844. The molecule has 0 amide bonds. The summed E-state index contributed by atoms with van der Waals surface area (Å²) in [5, 5.41) is 0. The lowest BCUT2D eigenvalue weighted by Gasteiger charge is -2.18. The molecule has 0 bridgehead atoms. The molecule has 0 heterocycles. The number of nitrogen functional groups attached to an aromatic ring is 1.